The molecule has 296 valence electrons. The third kappa shape index (κ3) is 14.1. The van der Waals surface area contributed by atoms with Crippen molar-refractivity contribution in [2.75, 3.05) is 26.1 Å². The number of carboxylic acids is 2. The van der Waals surface area contributed by atoms with Gasteiger partial charge in [-0.3, -0.25) is 9.59 Å². The zero-order chi connectivity index (χ0) is 40.8. The Hall–Kier alpha value is -5.55. The summed E-state index contributed by atoms with van der Waals surface area (Å²) in [5.74, 6) is -3.78. The molecule has 2 heterocycles. The number of carbonyl (C=O) groups excluding carboxylic acids is 2. The molecule has 2 aromatic heterocycles. The van der Waals surface area contributed by atoms with Crippen LogP contribution in [0.3, 0.4) is 0 Å². The number of carboxylic acid groups (broad SMARTS) is 2. The van der Waals surface area contributed by atoms with Gasteiger partial charge in [-0.2, -0.15) is 26.3 Å². The maximum Gasteiger partial charge on any atom is 0.490 e. The quantitative estimate of drug-likeness (QED) is 0.0640. The summed E-state index contributed by atoms with van der Waals surface area (Å²) < 4.78 is 68.9. The van der Waals surface area contributed by atoms with Gasteiger partial charge in [0, 0.05) is 49.2 Å². The van der Waals surface area contributed by atoms with Crippen LogP contribution in [0.4, 0.5) is 32.0 Å². The first-order valence-corrected chi connectivity index (χ1v) is 16.6. The summed E-state index contributed by atoms with van der Waals surface area (Å²) in [4.78, 5) is 56.4. The summed E-state index contributed by atoms with van der Waals surface area (Å²) in [6.07, 6.45) is -3.47. The number of amides is 1. The van der Waals surface area contributed by atoms with E-state index < -0.39 is 24.3 Å². The fourth-order valence-electron chi connectivity index (χ4n) is 5.02. The molecule has 2 aromatic carbocycles. The van der Waals surface area contributed by atoms with Gasteiger partial charge >= 0.3 is 24.3 Å². The monoisotopic (exact) mass is 771 g/mol. The molecule has 18 heteroatoms. The number of hydrogen-bond acceptors (Lipinski definition) is 7. The molecule has 1 atom stereocenters. The number of benzene rings is 2. The van der Waals surface area contributed by atoms with Crippen LogP contribution in [0.15, 0.2) is 48.7 Å². The molecule has 0 radical (unpaired) electrons. The summed E-state index contributed by atoms with van der Waals surface area (Å²) in [7, 11) is 5.68. The molecular weight excluding hydrogens is 728 g/mol. The van der Waals surface area contributed by atoms with E-state index >= 15 is 0 Å². The van der Waals surface area contributed by atoms with Gasteiger partial charge in [-0.25, -0.2) is 14.6 Å². The Balaban J connectivity index is 0.000000610. The van der Waals surface area contributed by atoms with Crippen molar-refractivity contribution in [3.63, 3.8) is 0 Å². The lowest BCUT2D eigenvalue weighted by molar-refractivity contribution is -0.193. The highest BCUT2D eigenvalue weighted by atomic mass is 19.4. The number of halogens is 6. The lowest BCUT2D eigenvalue weighted by atomic mass is 10.0. The first-order valence-electron chi connectivity index (χ1n) is 16.6. The number of fused-ring (bicyclic) bond motifs is 1. The summed E-state index contributed by atoms with van der Waals surface area (Å²) in [5, 5.41) is 18.5. The van der Waals surface area contributed by atoms with Crippen LogP contribution < -0.4 is 15.0 Å². The lowest BCUT2D eigenvalue weighted by Gasteiger charge is -2.17. The van der Waals surface area contributed by atoms with Crippen molar-refractivity contribution in [2.24, 2.45) is 0 Å². The van der Waals surface area contributed by atoms with E-state index in [2.05, 4.69) is 49.4 Å². The maximum atomic E-state index is 13.4. The number of unbranched alkanes of at least 4 members (excludes halogenated alkanes) is 2. The highest BCUT2D eigenvalue weighted by Crippen LogP contribution is 2.28. The van der Waals surface area contributed by atoms with Gasteiger partial charge in [0.2, 0.25) is 5.91 Å². The van der Waals surface area contributed by atoms with E-state index in [9.17, 15) is 35.9 Å². The van der Waals surface area contributed by atoms with Crippen molar-refractivity contribution >= 4 is 40.2 Å². The average molecular weight is 772 g/mol. The van der Waals surface area contributed by atoms with E-state index in [-0.39, 0.29) is 18.4 Å². The molecule has 1 amide bonds. The molecule has 0 fully saturated rings. The van der Waals surface area contributed by atoms with Gasteiger partial charge < -0.3 is 35.1 Å². The van der Waals surface area contributed by atoms with Crippen LogP contribution in [0.1, 0.15) is 68.6 Å². The van der Waals surface area contributed by atoms with Crippen LogP contribution in [0.2, 0.25) is 0 Å². The molecule has 0 bridgehead atoms. The standard InChI is InChI=1S/C32H41N5O3.2C2HF3O2/c1-6-24(38)10-8-7-9-11-29(32-33-20-30(36-32)22-12-14-23(15-13-22)37(3)4)35-31(39)19-26-21(2)34-28-17-16-25(40-5)18-27(26)28;2*3-2(4,5)1(6)7/h12-18,20,29,34H,6-11,19H2,1-5H3,(H,33,36)(H,35,39);2*(H,6,7)/t29-;;/m0../s1. The second kappa shape index (κ2) is 20.1. The Labute approximate surface area is 306 Å². The smallest absolute Gasteiger partial charge is 0.490 e. The topological polar surface area (TPSA) is 178 Å². The zero-order valence-corrected chi connectivity index (χ0v) is 30.2. The number of H-pyrrole nitrogens is 2. The number of nitrogens with zero attached hydrogens (tertiary/aromatic N) is 2. The first-order chi connectivity index (χ1) is 25.2. The molecule has 4 rings (SSSR count). The molecule has 0 aliphatic carbocycles. The number of aryl methyl sites for hydroxylation is 1. The third-order valence-electron chi connectivity index (χ3n) is 7.95. The Bertz CT molecular complexity index is 1830. The molecule has 12 nitrogen and oxygen atoms in total. The van der Waals surface area contributed by atoms with Gasteiger partial charge in [0.05, 0.1) is 31.5 Å². The molecule has 0 aliphatic rings. The molecule has 4 aromatic rings. The van der Waals surface area contributed by atoms with Gasteiger partial charge in [-0.05, 0) is 61.2 Å². The largest absolute Gasteiger partial charge is 0.497 e. The molecular formula is C36H43F6N5O7. The number of hydrogen-bond donors (Lipinski definition) is 5. The second-order valence-electron chi connectivity index (χ2n) is 12.2. The van der Waals surface area contributed by atoms with Gasteiger partial charge in [0.1, 0.15) is 17.4 Å². The number of aromatic nitrogens is 3. The Morgan fingerprint density at radius 2 is 1.50 bits per heavy atom. The predicted octanol–water partition coefficient (Wildman–Crippen LogP) is 7.54. The van der Waals surface area contributed by atoms with Crippen LogP contribution in [0, 0.1) is 6.92 Å². The minimum atomic E-state index is -5.08. The summed E-state index contributed by atoms with van der Waals surface area (Å²) >= 11 is 0. The SMILES string of the molecule is CCC(=O)CCCCC[C@H](NC(=O)Cc1c(C)[nH]c2ccc(OC)cc12)c1ncc(-c2ccc(N(C)C)cc2)[nH]1.O=C(O)C(F)(F)F.O=C(O)C(F)(F)F. The molecule has 54 heavy (non-hydrogen) atoms. The number of alkyl halides is 6. The number of aromatic amines is 2. The number of anilines is 1. The highest BCUT2D eigenvalue weighted by molar-refractivity contribution is 5.91. The van der Waals surface area contributed by atoms with Crippen molar-refractivity contribution in [1.29, 1.82) is 0 Å². The highest BCUT2D eigenvalue weighted by Gasteiger charge is 2.39. The van der Waals surface area contributed by atoms with Gasteiger partial charge in [-0.15, -0.1) is 0 Å². The van der Waals surface area contributed by atoms with Gasteiger partial charge in [0.25, 0.3) is 0 Å². The van der Waals surface area contributed by atoms with E-state index in [1.807, 2.05) is 52.3 Å². The molecule has 0 saturated carbocycles. The van der Waals surface area contributed by atoms with Gasteiger partial charge in [-0.1, -0.05) is 31.9 Å². The lowest BCUT2D eigenvalue weighted by Crippen LogP contribution is -2.30. The number of aliphatic carboxylic acids is 2. The Kier molecular flexibility index (Phi) is 16.6. The number of imidazole rings is 1. The predicted molar refractivity (Wildman–Crippen MR) is 188 cm³/mol. The minimum absolute atomic E-state index is 0.0636. The van der Waals surface area contributed by atoms with Crippen LogP contribution in [0.25, 0.3) is 22.2 Å². The Morgan fingerprint density at radius 1 is 0.907 bits per heavy atom. The summed E-state index contributed by atoms with van der Waals surface area (Å²) in [6, 6.07) is 13.9. The van der Waals surface area contributed by atoms with Crippen molar-refractivity contribution in [1.82, 2.24) is 20.3 Å². The normalized spacial score (nSPS) is 11.8. The first kappa shape index (κ1) is 44.6. The van der Waals surface area contributed by atoms with Gasteiger partial charge in [0.15, 0.2) is 0 Å². The van der Waals surface area contributed by atoms with E-state index in [0.717, 1.165) is 76.4 Å². The minimum Gasteiger partial charge on any atom is -0.497 e. The van der Waals surface area contributed by atoms with E-state index in [4.69, 9.17) is 24.5 Å². The fraction of sp³-hybridized carbons (Fsp3) is 0.417. The maximum absolute atomic E-state index is 13.4. The Morgan fingerprint density at radius 3 is 2.02 bits per heavy atom. The van der Waals surface area contributed by atoms with Crippen LogP contribution in [-0.2, 0) is 25.6 Å². The van der Waals surface area contributed by atoms with Crippen molar-refractivity contribution in [3.8, 4) is 17.0 Å². The van der Waals surface area contributed by atoms with Crippen molar-refractivity contribution in [2.45, 2.75) is 77.2 Å². The number of rotatable bonds is 14. The molecule has 0 unspecified atom stereocenters. The second-order valence-corrected chi connectivity index (χ2v) is 12.2. The number of ether oxygens (including phenoxy) is 1. The number of ketones is 1. The molecule has 5 N–H and O–H groups in total. The van der Waals surface area contributed by atoms with E-state index in [1.165, 1.54) is 0 Å². The number of methoxy groups -OCH3 is 1. The number of nitrogens with one attached hydrogen (secondary N) is 3. The van der Waals surface area contributed by atoms with Crippen LogP contribution in [-0.4, -0.2) is 82.4 Å². The summed E-state index contributed by atoms with van der Waals surface area (Å²) in [5.41, 5.74) is 5.99. The van der Waals surface area contributed by atoms with Crippen LogP contribution >= 0.6 is 0 Å². The average Bonchev–Trinajstić information content (AvgIpc) is 3.71. The van der Waals surface area contributed by atoms with Crippen molar-refractivity contribution in [3.05, 3.63) is 65.7 Å². The number of Topliss-reactive ketones (excluding diaryl/α,β-unsaturated/α-hetero) is 1. The fourth-order valence-corrected chi connectivity index (χ4v) is 5.02. The number of carbonyl (C=O) groups is 4. The zero-order valence-electron chi connectivity index (χ0n) is 30.2. The van der Waals surface area contributed by atoms with Crippen molar-refractivity contribution < 1.29 is 60.5 Å². The molecule has 0 aliphatic heterocycles. The van der Waals surface area contributed by atoms with Crippen LogP contribution in [0.5, 0.6) is 5.75 Å². The third-order valence-corrected chi connectivity index (χ3v) is 7.95. The van der Waals surface area contributed by atoms with E-state index in [1.54, 1.807) is 7.11 Å². The molecule has 0 spiro atoms. The molecule has 0 saturated heterocycles. The van der Waals surface area contributed by atoms with E-state index in [0.29, 0.717) is 18.6 Å². The summed E-state index contributed by atoms with van der Waals surface area (Å²) in [6.45, 7) is 3.90.